The molecule has 4 rings (SSSR count). The number of fused-ring (bicyclic) bond motifs is 1. The second kappa shape index (κ2) is 5.78. The summed E-state index contributed by atoms with van der Waals surface area (Å²) < 4.78 is 0. The molecule has 1 N–H and O–H groups in total. The van der Waals surface area contributed by atoms with Crippen LogP contribution in [0.1, 0.15) is 23.5 Å². The first-order chi connectivity index (χ1) is 11.8. The molecule has 24 heavy (non-hydrogen) atoms. The molecule has 1 fully saturated rings. The van der Waals surface area contributed by atoms with E-state index in [9.17, 15) is 4.79 Å². The molecule has 0 spiro atoms. The largest absolute Gasteiger partial charge is 0.325 e. The average Bonchev–Trinajstić information content (AvgIpc) is 3.43. The van der Waals surface area contributed by atoms with Crippen LogP contribution < -0.4 is 5.32 Å². The summed E-state index contributed by atoms with van der Waals surface area (Å²) in [7, 11) is 0. The SMILES string of the molecule is N#Cc1cccc([C@@H]2C[C@H]2C(=O)Nc2cccc3cnccc23)c1. The Bertz CT molecular complexity index is 969. The highest BCUT2D eigenvalue weighted by Gasteiger charge is 2.44. The van der Waals surface area contributed by atoms with Gasteiger partial charge in [0.15, 0.2) is 0 Å². The van der Waals surface area contributed by atoms with Gasteiger partial charge in [-0.3, -0.25) is 9.78 Å². The molecule has 0 unspecified atom stereocenters. The van der Waals surface area contributed by atoms with E-state index < -0.39 is 0 Å². The van der Waals surface area contributed by atoms with Crippen molar-refractivity contribution in [2.45, 2.75) is 12.3 Å². The van der Waals surface area contributed by atoms with Gasteiger partial charge in [0.2, 0.25) is 5.91 Å². The Morgan fingerprint density at radius 2 is 2.08 bits per heavy atom. The number of amides is 1. The minimum atomic E-state index is -0.0314. The second-order valence-corrected chi connectivity index (χ2v) is 6.08. The Balaban J connectivity index is 1.52. The molecular formula is C20H15N3O. The zero-order valence-corrected chi connectivity index (χ0v) is 12.9. The van der Waals surface area contributed by atoms with E-state index in [1.807, 2.05) is 42.5 Å². The van der Waals surface area contributed by atoms with E-state index in [1.165, 1.54) is 0 Å². The molecule has 2 aromatic carbocycles. The van der Waals surface area contributed by atoms with Crippen molar-refractivity contribution in [2.24, 2.45) is 5.92 Å². The Labute approximate surface area is 139 Å². The molecule has 2 atom stereocenters. The summed E-state index contributed by atoms with van der Waals surface area (Å²) in [6.07, 6.45) is 4.34. The molecule has 4 heteroatoms. The molecule has 1 amide bonds. The molecule has 1 aliphatic rings. The molecule has 1 saturated carbocycles. The third-order valence-electron chi connectivity index (χ3n) is 4.51. The third-order valence-corrected chi connectivity index (χ3v) is 4.51. The van der Waals surface area contributed by atoms with Gasteiger partial charge in [0, 0.05) is 34.8 Å². The van der Waals surface area contributed by atoms with Crippen LogP contribution in [0.15, 0.2) is 60.9 Å². The van der Waals surface area contributed by atoms with Crippen molar-refractivity contribution in [1.29, 1.82) is 5.26 Å². The van der Waals surface area contributed by atoms with Crippen LogP contribution in [0.4, 0.5) is 5.69 Å². The zero-order chi connectivity index (χ0) is 16.5. The van der Waals surface area contributed by atoms with Crippen LogP contribution in [0.3, 0.4) is 0 Å². The number of hydrogen-bond donors (Lipinski definition) is 1. The van der Waals surface area contributed by atoms with Crippen LogP contribution in [0, 0.1) is 17.2 Å². The van der Waals surface area contributed by atoms with Crippen molar-refractivity contribution < 1.29 is 4.79 Å². The Hall–Kier alpha value is -3.19. The number of nitrogens with zero attached hydrogens (tertiary/aromatic N) is 2. The fourth-order valence-corrected chi connectivity index (χ4v) is 3.15. The lowest BCUT2D eigenvalue weighted by Gasteiger charge is -2.08. The first-order valence-corrected chi connectivity index (χ1v) is 7.90. The summed E-state index contributed by atoms with van der Waals surface area (Å²) in [4.78, 5) is 16.7. The molecule has 1 aliphatic carbocycles. The van der Waals surface area contributed by atoms with Gasteiger partial charge in [-0.1, -0.05) is 24.3 Å². The van der Waals surface area contributed by atoms with Crippen molar-refractivity contribution >= 4 is 22.4 Å². The normalized spacial score (nSPS) is 18.8. The number of hydrogen-bond acceptors (Lipinski definition) is 3. The maximum atomic E-state index is 12.6. The van der Waals surface area contributed by atoms with Gasteiger partial charge in [0.25, 0.3) is 0 Å². The fourth-order valence-electron chi connectivity index (χ4n) is 3.15. The van der Waals surface area contributed by atoms with Crippen LogP contribution in [-0.4, -0.2) is 10.9 Å². The van der Waals surface area contributed by atoms with Crippen LogP contribution in [0.25, 0.3) is 10.8 Å². The van der Waals surface area contributed by atoms with Crippen molar-refractivity contribution in [3.05, 3.63) is 72.1 Å². The number of carbonyl (C=O) groups excluding carboxylic acids is 1. The molecular weight excluding hydrogens is 298 g/mol. The number of carbonyl (C=O) groups is 1. The maximum Gasteiger partial charge on any atom is 0.228 e. The van der Waals surface area contributed by atoms with E-state index >= 15 is 0 Å². The lowest BCUT2D eigenvalue weighted by Crippen LogP contribution is -2.14. The second-order valence-electron chi connectivity index (χ2n) is 6.08. The van der Waals surface area contributed by atoms with Crippen LogP contribution in [0.5, 0.6) is 0 Å². The molecule has 0 bridgehead atoms. The number of nitriles is 1. The summed E-state index contributed by atoms with van der Waals surface area (Å²) in [5.41, 5.74) is 2.52. The molecule has 0 saturated heterocycles. The summed E-state index contributed by atoms with van der Waals surface area (Å²) in [5.74, 6) is 0.206. The summed E-state index contributed by atoms with van der Waals surface area (Å²) in [6, 6.07) is 17.4. The zero-order valence-electron chi connectivity index (χ0n) is 12.9. The van der Waals surface area contributed by atoms with Gasteiger partial charge in [-0.05, 0) is 42.2 Å². The number of pyridine rings is 1. The lowest BCUT2D eigenvalue weighted by atomic mass is 10.1. The number of nitrogens with one attached hydrogen (secondary N) is 1. The van der Waals surface area contributed by atoms with Gasteiger partial charge >= 0.3 is 0 Å². The van der Waals surface area contributed by atoms with Gasteiger partial charge in [-0.2, -0.15) is 5.26 Å². The summed E-state index contributed by atoms with van der Waals surface area (Å²) in [5, 5.41) is 14.0. The van der Waals surface area contributed by atoms with Gasteiger partial charge in [0.1, 0.15) is 0 Å². The van der Waals surface area contributed by atoms with E-state index in [-0.39, 0.29) is 17.7 Å². The maximum absolute atomic E-state index is 12.6. The molecule has 0 radical (unpaired) electrons. The Morgan fingerprint density at radius 3 is 2.96 bits per heavy atom. The van der Waals surface area contributed by atoms with E-state index in [4.69, 9.17) is 5.26 Å². The topological polar surface area (TPSA) is 65.8 Å². The highest BCUT2D eigenvalue weighted by atomic mass is 16.2. The first-order valence-electron chi connectivity index (χ1n) is 7.90. The predicted molar refractivity (Wildman–Crippen MR) is 92.4 cm³/mol. The number of aromatic nitrogens is 1. The third kappa shape index (κ3) is 2.61. The fraction of sp³-hybridized carbons (Fsp3) is 0.150. The summed E-state index contributed by atoms with van der Waals surface area (Å²) >= 11 is 0. The van der Waals surface area contributed by atoms with Crippen molar-refractivity contribution in [1.82, 2.24) is 4.98 Å². The van der Waals surface area contributed by atoms with E-state index in [0.717, 1.165) is 28.4 Å². The molecule has 1 heterocycles. The first kappa shape index (κ1) is 14.4. The van der Waals surface area contributed by atoms with Gasteiger partial charge in [-0.15, -0.1) is 0 Å². The molecule has 4 nitrogen and oxygen atoms in total. The van der Waals surface area contributed by atoms with Gasteiger partial charge in [0.05, 0.1) is 11.6 Å². The van der Waals surface area contributed by atoms with Crippen molar-refractivity contribution in [2.75, 3.05) is 5.32 Å². The molecule has 116 valence electrons. The van der Waals surface area contributed by atoms with Crippen LogP contribution >= 0.6 is 0 Å². The van der Waals surface area contributed by atoms with E-state index in [2.05, 4.69) is 16.4 Å². The van der Waals surface area contributed by atoms with Gasteiger partial charge in [-0.25, -0.2) is 0 Å². The number of anilines is 1. The van der Waals surface area contributed by atoms with Gasteiger partial charge < -0.3 is 5.32 Å². The van der Waals surface area contributed by atoms with E-state index in [0.29, 0.717) is 5.56 Å². The predicted octanol–water partition coefficient (Wildman–Crippen LogP) is 3.85. The van der Waals surface area contributed by atoms with Crippen molar-refractivity contribution in [3.63, 3.8) is 0 Å². The van der Waals surface area contributed by atoms with Crippen LogP contribution in [-0.2, 0) is 4.79 Å². The Morgan fingerprint density at radius 1 is 1.21 bits per heavy atom. The molecule has 3 aromatic rings. The number of benzene rings is 2. The average molecular weight is 313 g/mol. The van der Waals surface area contributed by atoms with Crippen molar-refractivity contribution in [3.8, 4) is 6.07 Å². The number of rotatable bonds is 3. The summed E-state index contributed by atoms with van der Waals surface area (Å²) in [6.45, 7) is 0. The highest BCUT2D eigenvalue weighted by molar-refractivity contribution is 6.03. The quantitative estimate of drug-likeness (QED) is 0.798. The lowest BCUT2D eigenvalue weighted by molar-refractivity contribution is -0.117. The monoisotopic (exact) mass is 313 g/mol. The Kier molecular flexibility index (Phi) is 3.47. The highest BCUT2D eigenvalue weighted by Crippen LogP contribution is 2.48. The van der Waals surface area contributed by atoms with E-state index in [1.54, 1.807) is 18.5 Å². The molecule has 1 aromatic heterocycles. The smallest absolute Gasteiger partial charge is 0.228 e. The minimum Gasteiger partial charge on any atom is -0.325 e. The molecule has 0 aliphatic heterocycles. The van der Waals surface area contributed by atoms with Crippen LogP contribution in [0.2, 0.25) is 0 Å². The standard InChI is InChI=1S/C20H15N3O/c21-11-13-3-1-4-14(9-13)17-10-18(17)20(24)23-19-6-2-5-15-12-22-8-7-16(15)19/h1-9,12,17-18H,10H2,(H,23,24)/t17-,18+/m0/s1. The minimum absolute atomic E-state index is 0.0314.